The molecule has 0 aromatic carbocycles. The minimum absolute atomic E-state index is 0.290. The van der Waals surface area contributed by atoms with E-state index in [0.29, 0.717) is 114 Å². The van der Waals surface area contributed by atoms with Gasteiger partial charge in [0.15, 0.2) is 0 Å². The lowest BCUT2D eigenvalue weighted by molar-refractivity contribution is -0.00571. The normalized spacial score (nSPS) is 51.8. The molecule has 8 bridgehead atoms. The molecule has 8 N–H and O–H groups in total. The molecule has 9 fully saturated rings. The van der Waals surface area contributed by atoms with Crippen LogP contribution in [0.1, 0.15) is 83.5 Å². The molecule has 9 aliphatic rings. The zero-order chi connectivity index (χ0) is 35.7. The van der Waals surface area contributed by atoms with Gasteiger partial charge in [0.1, 0.15) is 0 Å². The van der Waals surface area contributed by atoms with Crippen LogP contribution in [0.4, 0.5) is 0 Å². The molecule has 19 unspecified atom stereocenters. The molecule has 19 atom stereocenters. The van der Waals surface area contributed by atoms with E-state index in [1.807, 2.05) is 0 Å². The van der Waals surface area contributed by atoms with Gasteiger partial charge >= 0.3 is 0 Å². The van der Waals surface area contributed by atoms with E-state index in [9.17, 15) is 0 Å². The zero-order valence-corrected chi connectivity index (χ0v) is 33.6. The molecule has 5 aliphatic heterocycles. The summed E-state index contributed by atoms with van der Waals surface area (Å²) in [5.74, 6) is 7.33. The van der Waals surface area contributed by atoms with Crippen LogP contribution in [0, 0.1) is 65.1 Å². The van der Waals surface area contributed by atoms with Crippen molar-refractivity contribution >= 4 is 0 Å². The molecule has 296 valence electrons. The average molecular weight is 724 g/mol. The second-order valence-electron chi connectivity index (χ2n) is 20.3. The molecule has 0 aromatic rings. The Morgan fingerprint density at radius 3 is 0.962 bits per heavy atom. The van der Waals surface area contributed by atoms with Gasteiger partial charge in [0.25, 0.3) is 0 Å². The topological polar surface area (TPSA) is 106 Å². The third-order valence-electron chi connectivity index (χ3n) is 16.4. The SMILES string of the molecule is CN(C)CC1CC2C3NC4NC(NC5NC(NC6NC(NC(N3)C2C(CN(C)C)C1CN(C)C)C1CCCCC61)C1CCCCC51)C1CCCCC41. The van der Waals surface area contributed by atoms with Gasteiger partial charge in [-0.15, -0.1) is 0 Å². The maximum absolute atomic E-state index is 4.45. The van der Waals surface area contributed by atoms with Crippen molar-refractivity contribution in [2.45, 2.75) is 133 Å². The van der Waals surface area contributed by atoms with Gasteiger partial charge in [-0.1, -0.05) is 38.5 Å². The monoisotopic (exact) mass is 724 g/mol. The molecule has 0 amide bonds. The average Bonchev–Trinajstić information content (AvgIpc) is 3.84. The Hall–Kier alpha value is -0.440. The van der Waals surface area contributed by atoms with Crippen molar-refractivity contribution in [3.63, 3.8) is 0 Å². The van der Waals surface area contributed by atoms with Crippen LogP contribution in [0.2, 0.25) is 0 Å². The summed E-state index contributed by atoms with van der Waals surface area (Å²) in [6.07, 6.45) is 20.5. The number of rotatable bonds is 6. The van der Waals surface area contributed by atoms with Gasteiger partial charge in [-0.3, -0.25) is 42.5 Å². The number of hydrogen-bond acceptors (Lipinski definition) is 11. The second kappa shape index (κ2) is 15.5. The van der Waals surface area contributed by atoms with E-state index in [1.54, 1.807) is 0 Å². The molecular weight excluding hydrogens is 647 g/mol. The van der Waals surface area contributed by atoms with Crippen LogP contribution in [0.3, 0.4) is 0 Å². The summed E-state index contributed by atoms with van der Waals surface area (Å²) in [4.78, 5) is 7.46. The Morgan fingerprint density at radius 1 is 0.346 bits per heavy atom. The fourth-order valence-corrected chi connectivity index (χ4v) is 14.5. The van der Waals surface area contributed by atoms with Crippen LogP contribution in [-0.4, -0.2) is 126 Å². The summed E-state index contributed by atoms with van der Waals surface area (Å²) in [7, 11) is 13.8. The standard InChI is InChI=1S/C41H77N11/c1-50(2)20-23-19-30-33(32(22-52(5)6)31(23)21-51(3)4)41-48-39-29-18-12-11-17-28(29)37(46-39)44-35-25-14-8-7-13-24(25)34(42-35)43-36-26-15-9-10-16-27(26)38(45-36)47-40(30)49-41/h23-49H,7-22H2,1-6H3. The molecule has 11 nitrogen and oxygen atoms in total. The van der Waals surface area contributed by atoms with Crippen molar-refractivity contribution in [2.24, 2.45) is 65.1 Å². The molecule has 4 saturated carbocycles. The van der Waals surface area contributed by atoms with Gasteiger partial charge in [0.05, 0.1) is 49.3 Å². The lowest BCUT2D eigenvalue weighted by Gasteiger charge is -2.50. The predicted octanol–water partition coefficient (Wildman–Crippen LogP) is 1.97. The van der Waals surface area contributed by atoms with Gasteiger partial charge in [0, 0.05) is 19.6 Å². The lowest BCUT2D eigenvalue weighted by atomic mass is 9.61. The van der Waals surface area contributed by atoms with Crippen LogP contribution in [0.15, 0.2) is 0 Å². The van der Waals surface area contributed by atoms with Gasteiger partial charge in [-0.05, 0) is 152 Å². The summed E-state index contributed by atoms with van der Waals surface area (Å²) in [5, 5.41) is 34.7. The first-order valence-corrected chi connectivity index (χ1v) is 22.2. The maximum Gasteiger partial charge on any atom is 0.0631 e. The molecule has 5 heterocycles. The first-order valence-electron chi connectivity index (χ1n) is 22.2. The Balaban J connectivity index is 1.09. The second-order valence-corrected chi connectivity index (χ2v) is 20.3. The highest BCUT2D eigenvalue weighted by Crippen LogP contribution is 2.50. The Labute approximate surface area is 316 Å². The van der Waals surface area contributed by atoms with E-state index in [0.717, 1.165) is 6.54 Å². The van der Waals surface area contributed by atoms with Crippen LogP contribution in [0.25, 0.3) is 0 Å². The zero-order valence-electron chi connectivity index (χ0n) is 33.6. The summed E-state index contributed by atoms with van der Waals surface area (Å²) in [6.45, 7) is 3.50. The summed E-state index contributed by atoms with van der Waals surface area (Å²) < 4.78 is 0. The first-order chi connectivity index (χ1) is 25.2. The highest BCUT2D eigenvalue weighted by Gasteiger charge is 2.58. The van der Waals surface area contributed by atoms with Crippen molar-refractivity contribution in [1.29, 1.82) is 0 Å². The quantitative estimate of drug-likeness (QED) is 0.207. The summed E-state index contributed by atoms with van der Waals surface area (Å²) in [6, 6.07) is 0. The van der Waals surface area contributed by atoms with Crippen LogP contribution in [-0.2, 0) is 0 Å². The predicted molar refractivity (Wildman–Crippen MR) is 209 cm³/mol. The molecule has 11 heteroatoms. The smallest absolute Gasteiger partial charge is 0.0631 e. The van der Waals surface area contributed by atoms with E-state index in [4.69, 9.17) is 0 Å². The van der Waals surface area contributed by atoms with Gasteiger partial charge in [-0.25, -0.2) is 0 Å². The van der Waals surface area contributed by atoms with Crippen LogP contribution >= 0.6 is 0 Å². The Bertz CT molecular complexity index is 1200. The van der Waals surface area contributed by atoms with Crippen LogP contribution in [0.5, 0.6) is 0 Å². The highest BCUT2D eigenvalue weighted by atomic mass is 15.4. The molecule has 0 spiro atoms. The molecular formula is C41H77N11. The van der Waals surface area contributed by atoms with E-state index >= 15 is 0 Å². The lowest BCUT2D eigenvalue weighted by Crippen LogP contribution is -2.62. The van der Waals surface area contributed by atoms with E-state index < -0.39 is 0 Å². The largest absolute Gasteiger partial charge is 0.309 e. The number of nitrogens with zero attached hydrogens (tertiary/aromatic N) is 3. The maximum atomic E-state index is 4.45. The number of fused-ring (bicyclic) bond motifs is 20. The third kappa shape index (κ3) is 7.07. The van der Waals surface area contributed by atoms with E-state index in [-0.39, 0.29) is 0 Å². The minimum Gasteiger partial charge on any atom is -0.309 e. The van der Waals surface area contributed by atoms with Crippen molar-refractivity contribution in [3.8, 4) is 0 Å². The van der Waals surface area contributed by atoms with Gasteiger partial charge in [0.2, 0.25) is 0 Å². The third-order valence-corrected chi connectivity index (χ3v) is 16.4. The molecule has 52 heavy (non-hydrogen) atoms. The Kier molecular flexibility index (Phi) is 11.1. The minimum atomic E-state index is 0.290. The fourth-order valence-electron chi connectivity index (χ4n) is 14.5. The summed E-state index contributed by atoms with van der Waals surface area (Å²) >= 11 is 0. The van der Waals surface area contributed by atoms with Crippen molar-refractivity contribution in [2.75, 3.05) is 61.9 Å². The van der Waals surface area contributed by atoms with Gasteiger partial charge < -0.3 is 14.7 Å². The molecule has 5 saturated heterocycles. The van der Waals surface area contributed by atoms with Crippen molar-refractivity contribution in [1.82, 2.24) is 57.2 Å². The van der Waals surface area contributed by atoms with E-state index in [1.165, 1.54) is 96.6 Å². The Morgan fingerprint density at radius 2 is 0.635 bits per heavy atom. The number of nitrogens with one attached hydrogen (secondary N) is 8. The van der Waals surface area contributed by atoms with Crippen LogP contribution < -0.4 is 42.5 Å². The molecule has 0 aromatic heterocycles. The first kappa shape index (κ1) is 37.2. The summed E-state index contributed by atoms with van der Waals surface area (Å²) in [5.41, 5.74) is 0. The van der Waals surface area contributed by atoms with E-state index in [2.05, 4.69) is 99.5 Å². The number of hydrogen-bond donors (Lipinski definition) is 8. The fraction of sp³-hybridized carbons (Fsp3) is 1.00. The molecule has 0 radical (unpaired) electrons. The molecule has 4 aliphatic carbocycles. The van der Waals surface area contributed by atoms with Crippen molar-refractivity contribution in [3.05, 3.63) is 0 Å². The highest BCUT2D eigenvalue weighted by molar-refractivity contribution is 5.11. The van der Waals surface area contributed by atoms with Gasteiger partial charge in [-0.2, -0.15) is 0 Å². The van der Waals surface area contributed by atoms with Crippen molar-refractivity contribution < 1.29 is 0 Å². The molecule has 9 rings (SSSR count).